The molecule has 6 heteroatoms. The number of likely N-dealkylation sites (tertiary alicyclic amines) is 1. The molecule has 4 rings (SSSR count). The zero-order chi connectivity index (χ0) is 14.9. The lowest BCUT2D eigenvalue weighted by atomic mass is 9.91. The minimum atomic E-state index is 0.139. The molecule has 0 spiro atoms. The monoisotopic (exact) mass is 316 g/mol. The maximum Gasteiger partial charge on any atom is 0.115 e. The number of piperidine rings is 1. The highest BCUT2D eigenvalue weighted by atomic mass is 32.1. The summed E-state index contributed by atoms with van der Waals surface area (Å²) in [6, 6.07) is 1.97. The van der Waals surface area contributed by atoms with Crippen LogP contribution in [0.25, 0.3) is 0 Å². The molecule has 0 saturated carbocycles. The maximum atomic E-state index is 6.28. The normalized spacial score (nSPS) is 28.7. The number of ether oxygens (including phenoxy) is 1. The van der Waals surface area contributed by atoms with Gasteiger partial charge in [0.05, 0.1) is 18.3 Å². The van der Waals surface area contributed by atoms with Crippen LogP contribution in [0.3, 0.4) is 0 Å². The Hall–Kier alpha value is -1.37. The van der Waals surface area contributed by atoms with E-state index in [9.17, 15) is 0 Å². The first-order valence-electron chi connectivity index (χ1n) is 7.82. The Kier molecular flexibility index (Phi) is 3.90. The molecule has 2 aromatic rings. The van der Waals surface area contributed by atoms with Gasteiger partial charge in [-0.05, 0) is 38.3 Å². The molecule has 0 N–H and O–H groups in total. The summed E-state index contributed by atoms with van der Waals surface area (Å²) in [6.45, 7) is 5.15. The van der Waals surface area contributed by atoms with E-state index in [1.165, 1.54) is 11.4 Å². The van der Waals surface area contributed by atoms with E-state index in [-0.39, 0.29) is 6.10 Å². The third kappa shape index (κ3) is 2.91. The molecule has 0 unspecified atom stereocenters. The Morgan fingerprint density at radius 1 is 1.45 bits per heavy atom. The van der Waals surface area contributed by atoms with E-state index < -0.39 is 0 Å². The summed E-state index contributed by atoms with van der Waals surface area (Å²) >= 11 is 1.76. The molecule has 2 aromatic heterocycles. The molecule has 2 saturated heterocycles. The van der Waals surface area contributed by atoms with Gasteiger partial charge in [0.2, 0.25) is 0 Å². The Morgan fingerprint density at radius 3 is 3.18 bits per heavy atom. The highest BCUT2D eigenvalue weighted by Gasteiger charge is 2.40. The van der Waals surface area contributed by atoms with Gasteiger partial charge < -0.3 is 4.74 Å². The fourth-order valence-electron chi connectivity index (χ4n) is 3.49. The van der Waals surface area contributed by atoms with E-state index in [2.05, 4.69) is 32.2 Å². The second-order valence-corrected chi connectivity index (χ2v) is 7.14. The largest absolute Gasteiger partial charge is 0.367 e. The van der Waals surface area contributed by atoms with E-state index in [1.807, 2.05) is 6.07 Å². The van der Waals surface area contributed by atoms with E-state index in [0.29, 0.717) is 12.0 Å². The van der Waals surface area contributed by atoms with Crippen molar-refractivity contribution in [2.45, 2.75) is 38.5 Å². The molecule has 4 heterocycles. The summed E-state index contributed by atoms with van der Waals surface area (Å²) in [5.41, 5.74) is 2.14. The topological polar surface area (TPSA) is 51.1 Å². The summed E-state index contributed by atoms with van der Waals surface area (Å²) in [6.07, 6.45) is 6.17. The Bertz CT molecular complexity index is 632. The van der Waals surface area contributed by atoms with Crippen molar-refractivity contribution in [2.75, 3.05) is 13.1 Å². The first kappa shape index (κ1) is 14.2. The van der Waals surface area contributed by atoms with Crippen molar-refractivity contribution in [3.05, 3.63) is 40.4 Å². The van der Waals surface area contributed by atoms with Crippen LogP contribution in [0.5, 0.6) is 0 Å². The van der Waals surface area contributed by atoms with Gasteiger partial charge in [-0.3, -0.25) is 4.90 Å². The molecule has 0 aromatic carbocycles. The Labute approximate surface area is 134 Å². The van der Waals surface area contributed by atoms with Gasteiger partial charge in [-0.15, -0.1) is 11.3 Å². The number of fused-ring (bicyclic) bond motifs is 1. The van der Waals surface area contributed by atoms with Crippen LogP contribution < -0.4 is 0 Å². The van der Waals surface area contributed by atoms with Gasteiger partial charge in [0.1, 0.15) is 17.4 Å². The second kappa shape index (κ2) is 6.02. The van der Waals surface area contributed by atoms with Crippen LogP contribution in [0, 0.1) is 12.8 Å². The van der Waals surface area contributed by atoms with Crippen LogP contribution >= 0.6 is 11.3 Å². The third-order valence-corrected chi connectivity index (χ3v) is 5.55. The van der Waals surface area contributed by atoms with Crippen LogP contribution in [0.1, 0.15) is 35.3 Å². The zero-order valence-electron chi connectivity index (χ0n) is 12.7. The molecule has 22 heavy (non-hydrogen) atoms. The number of hydrogen-bond acceptors (Lipinski definition) is 6. The van der Waals surface area contributed by atoms with Crippen molar-refractivity contribution < 1.29 is 4.74 Å². The number of nitrogens with zero attached hydrogens (tertiary/aromatic N) is 4. The fraction of sp³-hybridized carbons (Fsp3) is 0.562. The summed E-state index contributed by atoms with van der Waals surface area (Å²) in [4.78, 5) is 15.4. The van der Waals surface area contributed by atoms with Crippen molar-refractivity contribution >= 4 is 11.3 Å². The highest BCUT2D eigenvalue weighted by Crippen LogP contribution is 2.40. The van der Waals surface area contributed by atoms with E-state index in [0.717, 1.165) is 37.4 Å². The lowest BCUT2D eigenvalue weighted by Crippen LogP contribution is -2.41. The Balaban J connectivity index is 1.39. The molecule has 0 amide bonds. The van der Waals surface area contributed by atoms with Gasteiger partial charge in [0, 0.05) is 23.8 Å². The number of aryl methyl sites for hydroxylation is 1. The Morgan fingerprint density at radius 2 is 2.41 bits per heavy atom. The smallest absolute Gasteiger partial charge is 0.115 e. The fourth-order valence-corrected chi connectivity index (χ4v) is 4.30. The molecule has 0 radical (unpaired) electrons. The molecule has 0 bridgehead atoms. The number of hydrogen-bond donors (Lipinski definition) is 0. The molecule has 5 nitrogen and oxygen atoms in total. The second-order valence-electron chi connectivity index (χ2n) is 6.20. The van der Waals surface area contributed by atoms with Crippen LogP contribution in [-0.2, 0) is 11.3 Å². The SMILES string of the molecule is Cc1csc(CN2CC[C@H]3C[C@H](c4ccncn4)O[C@@H]3C2)n1. The molecular weight excluding hydrogens is 296 g/mol. The first-order valence-corrected chi connectivity index (χ1v) is 8.70. The predicted octanol–water partition coefficient (Wildman–Crippen LogP) is 2.59. The molecule has 2 fully saturated rings. The average Bonchev–Trinajstić information content (AvgIpc) is 3.14. The minimum Gasteiger partial charge on any atom is -0.367 e. The number of rotatable bonds is 3. The maximum absolute atomic E-state index is 6.28. The van der Waals surface area contributed by atoms with Gasteiger partial charge >= 0.3 is 0 Å². The average molecular weight is 316 g/mol. The lowest BCUT2D eigenvalue weighted by Gasteiger charge is -2.33. The van der Waals surface area contributed by atoms with Crippen LogP contribution in [0.15, 0.2) is 24.0 Å². The first-order chi connectivity index (χ1) is 10.8. The van der Waals surface area contributed by atoms with Gasteiger partial charge in [0.15, 0.2) is 0 Å². The lowest BCUT2D eigenvalue weighted by molar-refractivity contribution is -0.0106. The van der Waals surface area contributed by atoms with Crippen LogP contribution in [0.4, 0.5) is 0 Å². The van der Waals surface area contributed by atoms with E-state index >= 15 is 0 Å². The van der Waals surface area contributed by atoms with Crippen molar-refractivity contribution in [3.63, 3.8) is 0 Å². The highest BCUT2D eigenvalue weighted by molar-refractivity contribution is 7.09. The van der Waals surface area contributed by atoms with E-state index in [1.54, 1.807) is 23.9 Å². The van der Waals surface area contributed by atoms with Gasteiger partial charge in [-0.25, -0.2) is 15.0 Å². The standard InChI is InChI=1S/C16H20N4OS/c1-11-9-22-16(19-11)8-20-5-3-12-6-14(21-15(12)7-20)13-2-4-17-10-18-13/h2,4,9-10,12,14-15H,3,5-8H2,1H3/t12-,14+,15+/m0/s1. The summed E-state index contributed by atoms with van der Waals surface area (Å²) < 4.78 is 6.28. The van der Waals surface area contributed by atoms with Crippen molar-refractivity contribution in [1.82, 2.24) is 19.9 Å². The summed E-state index contributed by atoms with van der Waals surface area (Å²) in [5.74, 6) is 0.661. The zero-order valence-corrected chi connectivity index (χ0v) is 13.5. The minimum absolute atomic E-state index is 0.139. The summed E-state index contributed by atoms with van der Waals surface area (Å²) in [5, 5.41) is 3.33. The molecule has 2 aliphatic rings. The van der Waals surface area contributed by atoms with Gasteiger partial charge in [-0.2, -0.15) is 0 Å². The number of aromatic nitrogens is 3. The number of thiazole rings is 1. The van der Waals surface area contributed by atoms with Crippen molar-refractivity contribution in [3.8, 4) is 0 Å². The third-order valence-electron chi connectivity index (χ3n) is 4.60. The molecular formula is C16H20N4OS. The van der Waals surface area contributed by atoms with E-state index in [4.69, 9.17) is 4.74 Å². The van der Waals surface area contributed by atoms with Crippen molar-refractivity contribution in [2.24, 2.45) is 5.92 Å². The van der Waals surface area contributed by atoms with Gasteiger partial charge in [-0.1, -0.05) is 0 Å². The molecule has 116 valence electrons. The molecule has 2 aliphatic heterocycles. The van der Waals surface area contributed by atoms with Crippen LogP contribution in [-0.4, -0.2) is 39.0 Å². The summed E-state index contributed by atoms with van der Waals surface area (Å²) in [7, 11) is 0. The molecule has 0 aliphatic carbocycles. The molecule has 3 atom stereocenters. The van der Waals surface area contributed by atoms with Gasteiger partial charge in [0.25, 0.3) is 0 Å². The predicted molar refractivity (Wildman–Crippen MR) is 84.5 cm³/mol. The van der Waals surface area contributed by atoms with Crippen molar-refractivity contribution in [1.29, 1.82) is 0 Å². The van der Waals surface area contributed by atoms with Crippen LogP contribution in [0.2, 0.25) is 0 Å². The quantitative estimate of drug-likeness (QED) is 0.871.